The number of amides is 2. The van der Waals surface area contributed by atoms with Crippen LogP contribution in [-0.4, -0.2) is 55.8 Å². The number of nitro groups is 1. The Kier molecular flexibility index (Phi) is 11.6. The van der Waals surface area contributed by atoms with Gasteiger partial charge in [0.2, 0.25) is 11.8 Å². The van der Waals surface area contributed by atoms with E-state index in [0.717, 1.165) is 48.0 Å². The third-order valence-corrected chi connectivity index (χ3v) is 10.4. The Labute approximate surface area is 286 Å². The van der Waals surface area contributed by atoms with Gasteiger partial charge in [-0.05, 0) is 54.3 Å². The Morgan fingerprint density at radius 2 is 1.53 bits per heavy atom. The summed E-state index contributed by atoms with van der Waals surface area (Å²) in [6.45, 7) is -0.746. The molecule has 1 aliphatic rings. The van der Waals surface area contributed by atoms with Crippen molar-refractivity contribution in [2.45, 2.75) is 62.0 Å². The van der Waals surface area contributed by atoms with Gasteiger partial charge in [0, 0.05) is 31.1 Å². The summed E-state index contributed by atoms with van der Waals surface area (Å²) in [6, 6.07) is 28.1. The van der Waals surface area contributed by atoms with Crippen molar-refractivity contribution in [3.63, 3.8) is 0 Å². The van der Waals surface area contributed by atoms with Crippen LogP contribution in [0.25, 0.3) is 0 Å². The van der Waals surface area contributed by atoms with Crippen LogP contribution in [0.1, 0.15) is 43.2 Å². The maximum atomic E-state index is 14.7. The highest BCUT2D eigenvalue weighted by atomic mass is 32.2. The zero-order valence-electron chi connectivity index (χ0n) is 27.3. The average Bonchev–Trinajstić information content (AvgIpc) is 3.13. The van der Waals surface area contributed by atoms with E-state index in [1.165, 1.54) is 42.3 Å². The number of sulfonamides is 1. The fraction of sp³-hybridized carbons (Fsp3) is 0.297. The lowest BCUT2D eigenvalue weighted by Gasteiger charge is -2.35. The van der Waals surface area contributed by atoms with E-state index < -0.39 is 33.4 Å². The van der Waals surface area contributed by atoms with Gasteiger partial charge in [-0.2, -0.15) is 0 Å². The van der Waals surface area contributed by atoms with Crippen LogP contribution in [0.3, 0.4) is 0 Å². The molecule has 1 saturated carbocycles. The van der Waals surface area contributed by atoms with Crippen LogP contribution < -0.4 is 14.4 Å². The molecule has 0 spiro atoms. The molecule has 0 saturated heterocycles. The number of carbonyl (C=O) groups excluding carboxylic acids is 2. The Bertz CT molecular complexity index is 1850. The van der Waals surface area contributed by atoms with E-state index in [1.54, 1.807) is 42.5 Å². The standard InChI is InChI=1S/C37H40N4O7S/c1-48-33-20-11-15-29(23-33)26-39(35(24-28-13-5-2-6-14-28)37(43)38-30-16-7-3-8-17-30)36(42)27-40(31-18-12-19-32(25-31)41(44)45)49(46,47)34-21-9-4-10-22-34/h2,4-6,9-15,18-23,25,30,35H,3,7-8,16-17,24,26-27H2,1H3,(H,38,43). The van der Waals surface area contributed by atoms with Crippen LogP contribution in [0.5, 0.6) is 5.75 Å². The Morgan fingerprint density at radius 1 is 0.878 bits per heavy atom. The monoisotopic (exact) mass is 684 g/mol. The third-order valence-electron chi connectivity index (χ3n) is 8.65. The zero-order valence-corrected chi connectivity index (χ0v) is 28.1. The van der Waals surface area contributed by atoms with Crippen molar-refractivity contribution in [2.75, 3.05) is 18.0 Å². The number of anilines is 1. The molecule has 0 radical (unpaired) electrons. The summed E-state index contributed by atoms with van der Waals surface area (Å²) in [4.78, 5) is 41.3. The molecule has 0 bridgehead atoms. The number of methoxy groups -OCH3 is 1. The lowest BCUT2D eigenvalue weighted by molar-refractivity contribution is -0.384. The zero-order chi connectivity index (χ0) is 34.8. The molecule has 1 atom stereocenters. The SMILES string of the molecule is COc1cccc(CN(C(=O)CN(c2cccc([N+](=O)[O-])c2)S(=O)(=O)c2ccccc2)C(Cc2ccccc2)C(=O)NC2CCCCC2)c1. The van der Waals surface area contributed by atoms with Gasteiger partial charge in [0.1, 0.15) is 18.3 Å². The van der Waals surface area contributed by atoms with E-state index in [9.17, 15) is 28.1 Å². The number of rotatable bonds is 14. The summed E-state index contributed by atoms with van der Waals surface area (Å²) < 4.78 is 34.6. The van der Waals surface area contributed by atoms with Gasteiger partial charge in [-0.1, -0.05) is 86.0 Å². The molecule has 256 valence electrons. The highest BCUT2D eigenvalue weighted by Crippen LogP contribution is 2.28. The first-order chi connectivity index (χ1) is 23.7. The molecule has 1 fully saturated rings. The first kappa shape index (κ1) is 35.1. The van der Waals surface area contributed by atoms with E-state index in [4.69, 9.17) is 4.74 Å². The van der Waals surface area contributed by atoms with Crippen molar-refractivity contribution >= 4 is 33.2 Å². The molecule has 49 heavy (non-hydrogen) atoms. The van der Waals surface area contributed by atoms with Gasteiger partial charge in [0.05, 0.1) is 22.6 Å². The molecule has 1 unspecified atom stereocenters. The number of ether oxygens (including phenoxy) is 1. The number of non-ortho nitro benzene ring substituents is 1. The number of hydrogen-bond acceptors (Lipinski definition) is 7. The van der Waals surface area contributed by atoms with Gasteiger partial charge < -0.3 is 15.0 Å². The number of hydrogen-bond donors (Lipinski definition) is 1. The van der Waals surface area contributed by atoms with E-state index in [0.29, 0.717) is 11.3 Å². The van der Waals surface area contributed by atoms with Crippen molar-refractivity contribution in [3.8, 4) is 5.75 Å². The van der Waals surface area contributed by atoms with Crippen LogP contribution in [0.15, 0.2) is 114 Å². The number of benzene rings is 4. The fourth-order valence-corrected chi connectivity index (χ4v) is 7.50. The molecule has 1 N–H and O–H groups in total. The molecule has 1 aliphatic carbocycles. The molecule has 11 nitrogen and oxygen atoms in total. The second-order valence-electron chi connectivity index (χ2n) is 12.0. The minimum absolute atomic E-state index is 0.0280. The van der Waals surface area contributed by atoms with Crippen LogP contribution in [0.4, 0.5) is 11.4 Å². The lowest BCUT2D eigenvalue weighted by atomic mass is 9.94. The predicted octanol–water partition coefficient (Wildman–Crippen LogP) is 5.89. The molecular formula is C37H40N4O7S. The Hall–Kier alpha value is -5.23. The number of nitrogens with zero attached hydrogens (tertiary/aromatic N) is 3. The maximum absolute atomic E-state index is 14.7. The largest absolute Gasteiger partial charge is 0.497 e. The quantitative estimate of drug-likeness (QED) is 0.129. The minimum Gasteiger partial charge on any atom is -0.497 e. The Balaban J connectivity index is 1.59. The smallest absolute Gasteiger partial charge is 0.271 e. The van der Waals surface area contributed by atoms with Crippen LogP contribution in [0, 0.1) is 10.1 Å². The summed E-state index contributed by atoms with van der Waals surface area (Å²) >= 11 is 0. The normalized spacial score (nSPS) is 14.0. The van der Waals surface area contributed by atoms with Gasteiger partial charge in [-0.3, -0.25) is 24.0 Å². The van der Waals surface area contributed by atoms with Crippen LogP contribution in [0.2, 0.25) is 0 Å². The van der Waals surface area contributed by atoms with Crippen molar-refractivity contribution in [1.29, 1.82) is 0 Å². The van der Waals surface area contributed by atoms with Crippen LogP contribution in [-0.2, 0) is 32.6 Å². The summed E-state index contributed by atoms with van der Waals surface area (Å²) in [7, 11) is -2.86. The lowest BCUT2D eigenvalue weighted by Crippen LogP contribution is -2.55. The molecule has 12 heteroatoms. The predicted molar refractivity (Wildman–Crippen MR) is 187 cm³/mol. The fourth-order valence-electron chi connectivity index (χ4n) is 6.08. The molecule has 0 heterocycles. The topological polar surface area (TPSA) is 139 Å². The van der Waals surface area contributed by atoms with E-state index in [-0.39, 0.29) is 41.2 Å². The highest BCUT2D eigenvalue weighted by Gasteiger charge is 2.35. The summed E-state index contributed by atoms with van der Waals surface area (Å²) in [5.41, 5.74) is 1.10. The molecule has 2 amide bonds. The molecular weight excluding hydrogens is 644 g/mol. The molecule has 5 rings (SSSR count). The van der Waals surface area contributed by atoms with Crippen molar-refractivity contribution in [3.05, 3.63) is 130 Å². The summed E-state index contributed by atoms with van der Waals surface area (Å²) in [5, 5.41) is 14.9. The Morgan fingerprint density at radius 3 is 2.20 bits per heavy atom. The van der Waals surface area contributed by atoms with Crippen LogP contribution >= 0.6 is 0 Å². The molecule has 0 aromatic heterocycles. The molecule has 4 aromatic rings. The highest BCUT2D eigenvalue weighted by molar-refractivity contribution is 7.92. The molecule has 4 aromatic carbocycles. The van der Waals surface area contributed by atoms with E-state index >= 15 is 0 Å². The van der Waals surface area contributed by atoms with Gasteiger partial charge in [0.25, 0.3) is 15.7 Å². The molecule has 0 aliphatic heterocycles. The maximum Gasteiger partial charge on any atom is 0.271 e. The number of nitrogens with one attached hydrogen (secondary N) is 1. The summed E-state index contributed by atoms with van der Waals surface area (Å²) in [6.07, 6.45) is 4.94. The minimum atomic E-state index is -4.39. The third kappa shape index (κ3) is 9.02. The first-order valence-electron chi connectivity index (χ1n) is 16.2. The second-order valence-corrected chi connectivity index (χ2v) is 13.9. The number of nitro benzene ring substituents is 1. The summed E-state index contributed by atoms with van der Waals surface area (Å²) in [5.74, 6) is -0.436. The average molecular weight is 685 g/mol. The first-order valence-corrected chi connectivity index (χ1v) is 17.7. The van der Waals surface area contributed by atoms with Crippen molar-refractivity contribution in [2.24, 2.45) is 0 Å². The van der Waals surface area contributed by atoms with Gasteiger partial charge in [0.15, 0.2) is 0 Å². The van der Waals surface area contributed by atoms with E-state index in [2.05, 4.69) is 5.32 Å². The van der Waals surface area contributed by atoms with Gasteiger partial charge >= 0.3 is 0 Å². The second kappa shape index (κ2) is 16.2. The van der Waals surface area contributed by atoms with Crippen molar-refractivity contribution in [1.82, 2.24) is 10.2 Å². The van der Waals surface area contributed by atoms with E-state index in [1.807, 2.05) is 30.3 Å². The van der Waals surface area contributed by atoms with Crippen molar-refractivity contribution < 1.29 is 27.7 Å². The number of carbonyl (C=O) groups is 2. The van der Waals surface area contributed by atoms with Gasteiger partial charge in [-0.15, -0.1) is 0 Å². The van der Waals surface area contributed by atoms with Gasteiger partial charge in [-0.25, -0.2) is 8.42 Å².